The van der Waals surface area contributed by atoms with E-state index in [1.165, 1.54) is 0 Å². The molecule has 2 heterocycles. The lowest BCUT2D eigenvalue weighted by molar-refractivity contribution is 1.07. The van der Waals surface area contributed by atoms with E-state index >= 15 is 0 Å². The van der Waals surface area contributed by atoms with Crippen LogP contribution in [0.4, 0.5) is 5.69 Å². The highest BCUT2D eigenvalue weighted by molar-refractivity contribution is 7.71. The van der Waals surface area contributed by atoms with Gasteiger partial charge in [0.25, 0.3) is 0 Å². The predicted molar refractivity (Wildman–Crippen MR) is 44.8 cm³/mol. The Morgan fingerprint density at radius 1 is 1.64 bits per heavy atom. The van der Waals surface area contributed by atoms with E-state index in [0.717, 1.165) is 0 Å². The monoisotopic (exact) mass is 166 g/mol. The zero-order valence-corrected chi connectivity index (χ0v) is 6.43. The van der Waals surface area contributed by atoms with Crippen LogP contribution in [0.15, 0.2) is 18.3 Å². The second-order valence-electron chi connectivity index (χ2n) is 2.19. The van der Waals surface area contributed by atoms with Crippen LogP contribution in [0, 0.1) is 4.77 Å². The third-order valence-electron chi connectivity index (χ3n) is 1.47. The molecule has 4 nitrogen and oxygen atoms in total. The standard InChI is InChI=1S/C6H6N4S/c7-4-2-1-3-10-5(4)8-9-6(10)11/h1-3H,7H2,(H,9,11). The van der Waals surface area contributed by atoms with Crippen LogP contribution in [0.1, 0.15) is 0 Å². The maximum atomic E-state index is 5.62. The Balaban J connectivity index is 3.06. The zero-order valence-electron chi connectivity index (χ0n) is 5.61. The van der Waals surface area contributed by atoms with E-state index in [1.54, 1.807) is 10.5 Å². The minimum Gasteiger partial charge on any atom is -0.396 e. The number of hydrogen-bond acceptors (Lipinski definition) is 3. The van der Waals surface area contributed by atoms with Crippen molar-refractivity contribution in [2.24, 2.45) is 0 Å². The molecule has 5 heteroatoms. The molecule has 0 unspecified atom stereocenters. The lowest BCUT2D eigenvalue weighted by atomic mass is 10.4. The maximum Gasteiger partial charge on any atom is 0.199 e. The van der Waals surface area contributed by atoms with Gasteiger partial charge in [-0.1, -0.05) is 0 Å². The van der Waals surface area contributed by atoms with Crippen molar-refractivity contribution in [1.82, 2.24) is 14.6 Å². The molecule has 2 aromatic rings. The molecule has 0 spiro atoms. The van der Waals surface area contributed by atoms with Crippen LogP contribution in [0.3, 0.4) is 0 Å². The summed E-state index contributed by atoms with van der Waals surface area (Å²) in [6.07, 6.45) is 1.82. The first-order valence-electron chi connectivity index (χ1n) is 3.10. The molecule has 0 atom stereocenters. The summed E-state index contributed by atoms with van der Waals surface area (Å²) in [6, 6.07) is 3.61. The van der Waals surface area contributed by atoms with E-state index in [9.17, 15) is 0 Å². The Labute approximate surface area is 67.7 Å². The number of aromatic nitrogens is 3. The van der Waals surface area contributed by atoms with Gasteiger partial charge in [0.05, 0.1) is 5.69 Å². The molecule has 2 aromatic heterocycles. The van der Waals surface area contributed by atoms with Gasteiger partial charge >= 0.3 is 0 Å². The van der Waals surface area contributed by atoms with Crippen LogP contribution in [0.25, 0.3) is 5.65 Å². The molecule has 0 aliphatic rings. The van der Waals surface area contributed by atoms with Crippen molar-refractivity contribution in [3.8, 4) is 0 Å². The van der Waals surface area contributed by atoms with Crippen molar-refractivity contribution in [1.29, 1.82) is 0 Å². The van der Waals surface area contributed by atoms with Crippen molar-refractivity contribution in [3.63, 3.8) is 0 Å². The predicted octanol–water partition coefficient (Wildman–Crippen LogP) is 0.974. The summed E-state index contributed by atoms with van der Waals surface area (Å²) in [6.45, 7) is 0. The van der Waals surface area contributed by atoms with Gasteiger partial charge in [-0.2, -0.15) is 5.10 Å². The summed E-state index contributed by atoms with van der Waals surface area (Å²) in [4.78, 5) is 0. The van der Waals surface area contributed by atoms with Gasteiger partial charge in [-0.05, 0) is 24.4 Å². The summed E-state index contributed by atoms with van der Waals surface area (Å²) < 4.78 is 2.29. The third kappa shape index (κ3) is 0.813. The van der Waals surface area contributed by atoms with Gasteiger partial charge in [-0.15, -0.1) is 0 Å². The molecule has 0 saturated heterocycles. The molecule has 0 aliphatic heterocycles. The van der Waals surface area contributed by atoms with Crippen LogP contribution in [-0.4, -0.2) is 14.6 Å². The highest BCUT2D eigenvalue weighted by Crippen LogP contribution is 2.08. The van der Waals surface area contributed by atoms with E-state index in [-0.39, 0.29) is 0 Å². The van der Waals surface area contributed by atoms with E-state index in [0.29, 0.717) is 16.1 Å². The number of aromatic amines is 1. The van der Waals surface area contributed by atoms with Crippen LogP contribution >= 0.6 is 12.2 Å². The average Bonchev–Trinajstić information content (AvgIpc) is 2.35. The van der Waals surface area contributed by atoms with Crippen molar-refractivity contribution in [2.75, 3.05) is 5.73 Å². The minimum absolute atomic E-state index is 0.562. The molecule has 0 saturated carbocycles. The van der Waals surface area contributed by atoms with Crippen molar-refractivity contribution < 1.29 is 0 Å². The Hall–Kier alpha value is -1.36. The number of pyridine rings is 1. The molecule has 56 valence electrons. The summed E-state index contributed by atoms with van der Waals surface area (Å²) in [7, 11) is 0. The fourth-order valence-electron chi connectivity index (χ4n) is 0.954. The average molecular weight is 166 g/mol. The molecule has 0 amide bonds. The molecular weight excluding hydrogens is 160 g/mol. The van der Waals surface area contributed by atoms with Gasteiger partial charge in [0.15, 0.2) is 10.4 Å². The van der Waals surface area contributed by atoms with Gasteiger partial charge in [0.2, 0.25) is 0 Å². The van der Waals surface area contributed by atoms with Crippen LogP contribution in [0.5, 0.6) is 0 Å². The smallest absolute Gasteiger partial charge is 0.199 e. The normalized spacial score (nSPS) is 10.5. The van der Waals surface area contributed by atoms with Gasteiger partial charge in [-0.25, -0.2) is 0 Å². The Morgan fingerprint density at radius 3 is 3.18 bits per heavy atom. The molecule has 0 aliphatic carbocycles. The summed E-state index contributed by atoms with van der Waals surface area (Å²) in [5, 5.41) is 6.59. The second kappa shape index (κ2) is 2.06. The molecule has 0 bridgehead atoms. The first-order valence-corrected chi connectivity index (χ1v) is 3.51. The first kappa shape index (κ1) is 6.36. The van der Waals surface area contributed by atoms with Crippen molar-refractivity contribution in [3.05, 3.63) is 23.1 Å². The quantitative estimate of drug-likeness (QED) is 0.573. The van der Waals surface area contributed by atoms with Gasteiger partial charge < -0.3 is 5.73 Å². The highest BCUT2D eigenvalue weighted by Gasteiger charge is 1.97. The molecule has 0 aromatic carbocycles. The zero-order chi connectivity index (χ0) is 7.84. The molecule has 3 N–H and O–H groups in total. The maximum absolute atomic E-state index is 5.62. The SMILES string of the molecule is Nc1cccn2c(=S)[nH]nc12. The number of anilines is 1. The largest absolute Gasteiger partial charge is 0.396 e. The van der Waals surface area contributed by atoms with E-state index in [2.05, 4.69) is 10.2 Å². The van der Waals surface area contributed by atoms with Crippen molar-refractivity contribution >= 4 is 23.6 Å². The van der Waals surface area contributed by atoms with Crippen LogP contribution in [0.2, 0.25) is 0 Å². The van der Waals surface area contributed by atoms with Gasteiger partial charge in [0, 0.05) is 6.20 Å². The molecular formula is C6H6N4S. The summed E-state index contributed by atoms with van der Waals surface area (Å²) in [5.74, 6) is 0. The summed E-state index contributed by atoms with van der Waals surface area (Å²) >= 11 is 4.94. The summed E-state index contributed by atoms with van der Waals surface area (Å²) in [5.41, 5.74) is 6.92. The highest BCUT2D eigenvalue weighted by atomic mass is 32.1. The number of H-pyrrole nitrogens is 1. The lowest BCUT2D eigenvalue weighted by Gasteiger charge is -1.93. The number of fused-ring (bicyclic) bond motifs is 1. The number of hydrogen-bond donors (Lipinski definition) is 2. The number of nitrogens with zero attached hydrogens (tertiary/aromatic N) is 2. The number of nitrogens with one attached hydrogen (secondary N) is 1. The second-order valence-corrected chi connectivity index (χ2v) is 2.57. The van der Waals surface area contributed by atoms with Crippen LogP contribution < -0.4 is 5.73 Å². The minimum atomic E-state index is 0.562. The lowest BCUT2D eigenvalue weighted by Crippen LogP contribution is -1.90. The number of nitrogen functional groups attached to an aromatic ring is 1. The first-order chi connectivity index (χ1) is 5.29. The molecule has 2 rings (SSSR count). The molecule has 0 fully saturated rings. The Bertz CT molecular complexity index is 441. The Kier molecular flexibility index (Phi) is 1.19. The third-order valence-corrected chi connectivity index (χ3v) is 1.76. The number of rotatable bonds is 0. The molecule has 0 radical (unpaired) electrons. The fraction of sp³-hybridized carbons (Fsp3) is 0. The topological polar surface area (TPSA) is 59.1 Å². The molecule has 11 heavy (non-hydrogen) atoms. The fourth-order valence-corrected chi connectivity index (χ4v) is 1.15. The number of nitrogens with two attached hydrogens (primary N) is 1. The Morgan fingerprint density at radius 2 is 2.45 bits per heavy atom. The van der Waals surface area contributed by atoms with Gasteiger partial charge in [0.1, 0.15) is 0 Å². The van der Waals surface area contributed by atoms with Crippen LogP contribution in [-0.2, 0) is 0 Å². The van der Waals surface area contributed by atoms with E-state index in [4.69, 9.17) is 18.0 Å². The van der Waals surface area contributed by atoms with E-state index < -0.39 is 0 Å². The van der Waals surface area contributed by atoms with Gasteiger partial charge in [-0.3, -0.25) is 9.50 Å². The van der Waals surface area contributed by atoms with E-state index in [1.807, 2.05) is 12.3 Å². The van der Waals surface area contributed by atoms with Crippen molar-refractivity contribution in [2.45, 2.75) is 0 Å².